The molecule has 7 nitrogen and oxygen atoms in total. The normalized spacial score (nSPS) is 35.5. The van der Waals surface area contributed by atoms with Crippen LogP contribution in [0.4, 0.5) is 4.79 Å². The Morgan fingerprint density at radius 2 is 1.89 bits per heavy atom. The van der Waals surface area contributed by atoms with Crippen molar-refractivity contribution in [2.45, 2.75) is 38.0 Å². The van der Waals surface area contributed by atoms with Crippen molar-refractivity contribution in [3.63, 3.8) is 0 Å². The van der Waals surface area contributed by atoms with Crippen LogP contribution >= 0.6 is 0 Å². The smallest absolute Gasteiger partial charge is 0.326 e. The van der Waals surface area contributed by atoms with Crippen molar-refractivity contribution in [1.82, 2.24) is 9.80 Å². The minimum absolute atomic E-state index is 0.0199. The van der Waals surface area contributed by atoms with Crippen LogP contribution in [0, 0.1) is 5.92 Å². The number of piperidine rings is 1. The zero-order chi connectivity index (χ0) is 14.2. The molecule has 4 atom stereocenters. The maximum Gasteiger partial charge on any atom is 0.326 e. The molecule has 3 N–H and O–H groups in total. The lowest BCUT2D eigenvalue weighted by Gasteiger charge is -2.37. The highest BCUT2D eigenvalue weighted by atomic mass is 16.4. The summed E-state index contributed by atoms with van der Waals surface area (Å²) in [6, 6.07) is -1.31. The largest absolute Gasteiger partial charge is 0.480 e. The third-order valence-electron chi connectivity index (χ3n) is 3.94. The molecule has 0 aromatic carbocycles. The van der Waals surface area contributed by atoms with E-state index in [1.54, 1.807) is 4.90 Å². The predicted molar refractivity (Wildman–Crippen MR) is 65.5 cm³/mol. The van der Waals surface area contributed by atoms with E-state index < -0.39 is 24.2 Å². The molecule has 2 rings (SSSR count). The first kappa shape index (κ1) is 14.1. The molecule has 7 heteroatoms. The van der Waals surface area contributed by atoms with Gasteiger partial charge < -0.3 is 25.1 Å². The highest BCUT2D eigenvalue weighted by Crippen LogP contribution is 2.23. The molecule has 0 radical (unpaired) electrons. The van der Waals surface area contributed by atoms with Gasteiger partial charge in [-0.15, -0.1) is 0 Å². The number of rotatable bonds is 1. The molecular weight excluding hydrogens is 252 g/mol. The number of β-amino-alcohol motifs (C(OH)–C–C–N with tert-alkyl or cyclic N) is 1. The topological polar surface area (TPSA) is 101 Å². The van der Waals surface area contributed by atoms with E-state index in [1.807, 2.05) is 6.92 Å². The van der Waals surface area contributed by atoms with Gasteiger partial charge in [-0.2, -0.15) is 0 Å². The molecule has 0 aliphatic carbocycles. The summed E-state index contributed by atoms with van der Waals surface area (Å²) in [6.45, 7) is 2.75. The van der Waals surface area contributed by atoms with Crippen LogP contribution in [0.1, 0.15) is 19.8 Å². The van der Waals surface area contributed by atoms with Crippen molar-refractivity contribution < 1.29 is 24.9 Å². The Morgan fingerprint density at radius 3 is 2.47 bits per heavy atom. The van der Waals surface area contributed by atoms with Crippen molar-refractivity contribution in [2.75, 3.05) is 19.6 Å². The number of aliphatic carboxylic acids is 1. The van der Waals surface area contributed by atoms with Crippen LogP contribution in [-0.2, 0) is 4.79 Å². The maximum atomic E-state index is 12.3. The summed E-state index contributed by atoms with van der Waals surface area (Å²) < 4.78 is 0. The van der Waals surface area contributed by atoms with Gasteiger partial charge in [0.15, 0.2) is 0 Å². The molecule has 2 heterocycles. The highest BCUT2D eigenvalue weighted by molar-refractivity contribution is 5.83. The van der Waals surface area contributed by atoms with E-state index in [9.17, 15) is 19.8 Å². The molecule has 2 aliphatic heterocycles. The van der Waals surface area contributed by atoms with Crippen LogP contribution in [0.2, 0.25) is 0 Å². The first-order valence-corrected chi connectivity index (χ1v) is 6.54. The van der Waals surface area contributed by atoms with Crippen LogP contribution in [0.3, 0.4) is 0 Å². The molecule has 108 valence electrons. The monoisotopic (exact) mass is 272 g/mol. The third kappa shape index (κ3) is 2.82. The summed E-state index contributed by atoms with van der Waals surface area (Å²) in [4.78, 5) is 26.2. The fraction of sp³-hybridized carbons (Fsp3) is 0.833. The first-order valence-electron chi connectivity index (χ1n) is 6.54. The molecule has 0 aromatic heterocycles. The average Bonchev–Trinajstić information content (AvgIpc) is 2.74. The van der Waals surface area contributed by atoms with Crippen LogP contribution < -0.4 is 0 Å². The van der Waals surface area contributed by atoms with Gasteiger partial charge in [0.2, 0.25) is 0 Å². The summed E-state index contributed by atoms with van der Waals surface area (Å²) in [5.41, 5.74) is 0. The van der Waals surface area contributed by atoms with Gasteiger partial charge in [-0.3, -0.25) is 0 Å². The maximum absolute atomic E-state index is 12.3. The molecule has 0 aromatic rings. The summed E-state index contributed by atoms with van der Waals surface area (Å²) in [5.74, 6) is -1.11. The SMILES string of the molecule is CC1CN(C(=O)N2C[C@H](O)C[C@H]2C(=O)O)CCC1O. The number of carboxylic acids is 1. The van der Waals surface area contributed by atoms with E-state index >= 15 is 0 Å². The van der Waals surface area contributed by atoms with E-state index in [2.05, 4.69) is 0 Å². The molecule has 2 fully saturated rings. The predicted octanol–water partition coefficient (Wildman–Crippen LogP) is -0.671. The quantitative estimate of drug-likeness (QED) is 0.587. The lowest BCUT2D eigenvalue weighted by atomic mass is 9.97. The standard InChI is InChI=1S/C12H20N2O5/c1-7-5-13(3-2-10(7)16)12(19)14-6-8(15)4-9(14)11(17)18/h7-10,15-16H,2-6H2,1H3,(H,17,18)/t7?,8-,9+,10?/m1/s1. The van der Waals surface area contributed by atoms with E-state index in [-0.39, 0.29) is 24.9 Å². The number of amides is 2. The summed E-state index contributed by atoms with van der Waals surface area (Å²) >= 11 is 0. The fourth-order valence-electron chi connectivity index (χ4n) is 2.75. The van der Waals surface area contributed by atoms with Crippen LogP contribution in [0.25, 0.3) is 0 Å². The second kappa shape index (κ2) is 5.34. The number of aliphatic hydroxyl groups is 2. The number of carbonyl (C=O) groups excluding carboxylic acids is 1. The molecule has 2 unspecified atom stereocenters. The fourth-order valence-corrected chi connectivity index (χ4v) is 2.75. The van der Waals surface area contributed by atoms with Crippen molar-refractivity contribution in [1.29, 1.82) is 0 Å². The Bertz CT molecular complexity index is 375. The Labute approximate surface area is 111 Å². The number of nitrogens with zero attached hydrogens (tertiary/aromatic N) is 2. The second-order valence-electron chi connectivity index (χ2n) is 5.46. The number of carboxylic acid groups (broad SMARTS) is 1. The van der Waals surface area contributed by atoms with Gasteiger partial charge in [-0.05, 0) is 12.3 Å². The van der Waals surface area contributed by atoms with E-state index in [0.717, 1.165) is 0 Å². The minimum Gasteiger partial charge on any atom is -0.480 e. The molecule has 2 aliphatic rings. The number of likely N-dealkylation sites (tertiary alicyclic amines) is 2. The Hall–Kier alpha value is -1.34. The van der Waals surface area contributed by atoms with Crippen LogP contribution in [-0.4, -0.2) is 75.0 Å². The summed E-state index contributed by atoms with van der Waals surface area (Å²) in [5, 5.41) is 28.3. The zero-order valence-corrected chi connectivity index (χ0v) is 10.9. The van der Waals surface area contributed by atoms with Gasteiger partial charge >= 0.3 is 12.0 Å². The zero-order valence-electron chi connectivity index (χ0n) is 10.9. The molecule has 19 heavy (non-hydrogen) atoms. The molecular formula is C12H20N2O5. The molecule has 2 saturated heterocycles. The van der Waals surface area contributed by atoms with Gasteiger partial charge in [-0.25, -0.2) is 9.59 Å². The molecule has 2 amide bonds. The van der Waals surface area contributed by atoms with E-state index in [4.69, 9.17) is 5.11 Å². The average molecular weight is 272 g/mol. The lowest BCUT2D eigenvalue weighted by molar-refractivity contribution is -0.141. The minimum atomic E-state index is -1.09. The van der Waals surface area contributed by atoms with Gasteiger partial charge in [0.1, 0.15) is 6.04 Å². The third-order valence-corrected chi connectivity index (χ3v) is 3.94. The van der Waals surface area contributed by atoms with Gasteiger partial charge in [0.05, 0.1) is 12.2 Å². The number of urea groups is 1. The number of carbonyl (C=O) groups is 2. The summed E-state index contributed by atoms with van der Waals surface area (Å²) in [6.07, 6.45) is -0.616. The second-order valence-corrected chi connectivity index (χ2v) is 5.46. The Balaban J connectivity index is 2.04. The first-order chi connectivity index (χ1) is 8.90. The highest BCUT2D eigenvalue weighted by Gasteiger charge is 2.41. The van der Waals surface area contributed by atoms with Crippen molar-refractivity contribution >= 4 is 12.0 Å². The Kier molecular flexibility index (Phi) is 3.96. The van der Waals surface area contributed by atoms with Gasteiger partial charge in [0, 0.05) is 26.1 Å². The number of aliphatic hydroxyl groups excluding tert-OH is 2. The number of hydrogen-bond donors (Lipinski definition) is 3. The summed E-state index contributed by atoms with van der Waals surface area (Å²) in [7, 11) is 0. The molecule has 0 spiro atoms. The van der Waals surface area contributed by atoms with Crippen LogP contribution in [0.15, 0.2) is 0 Å². The van der Waals surface area contributed by atoms with Crippen molar-refractivity contribution in [3.05, 3.63) is 0 Å². The van der Waals surface area contributed by atoms with Gasteiger partial charge in [-0.1, -0.05) is 6.92 Å². The lowest BCUT2D eigenvalue weighted by Crippen LogP contribution is -2.53. The van der Waals surface area contributed by atoms with E-state index in [0.29, 0.717) is 19.5 Å². The Morgan fingerprint density at radius 1 is 1.21 bits per heavy atom. The number of hydrogen-bond acceptors (Lipinski definition) is 4. The van der Waals surface area contributed by atoms with Gasteiger partial charge in [0.25, 0.3) is 0 Å². The van der Waals surface area contributed by atoms with Crippen molar-refractivity contribution in [2.24, 2.45) is 5.92 Å². The molecule has 0 saturated carbocycles. The van der Waals surface area contributed by atoms with Crippen LogP contribution in [0.5, 0.6) is 0 Å². The van der Waals surface area contributed by atoms with Crippen molar-refractivity contribution in [3.8, 4) is 0 Å². The molecule has 0 bridgehead atoms. The van der Waals surface area contributed by atoms with E-state index in [1.165, 1.54) is 4.90 Å².